The third-order valence-electron chi connectivity index (χ3n) is 4.43. The first-order valence-corrected chi connectivity index (χ1v) is 9.63. The summed E-state index contributed by atoms with van der Waals surface area (Å²) < 4.78 is 1.10. The molecular formula is C21H18N4O2S. The average Bonchev–Trinajstić information content (AvgIpc) is 3.12. The summed E-state index contributed by atoms with van der Waals surface area (Å²) in [5, 5.41) is 11.4. The van der Waals surface area contributed by atoms with Crippen LogP contribution in [0.2, 0.25) is 0 Å². The molecule has 4 aromatic rings. The van der Waals surface area contributed by atoms with Crippen LogP contribution in [-0.4, -0.2) is 20.9 Å². The van der Waals surface area contributed by atoms with Gasteiger partial charge in [-0.05, 0) is 37.1 Å². The standard InChI is InChI=1S/C21H18N4O2S/c1-13-8-9-17(14(2)10-13)22-19(26)12-25-21(27)16-11-18(28-20(16)23-24-25)15-6-4-3-5-7-15/h3-11H,12H2,1-2H3,(H,22,26). The van der Waals surface area contributed by atoms with E-state index in [-0.39, 0.29) is 18.0 Å². The second kappa shape index (κ2) is 7.36. The Morgan fingerprint density at radius 1 is 1.11 bits per heavy atom. The minimum absolute atomic E-state index is 0.189. The molecule has 0 atom stereocenters. The summed E-state index contributed by atoms with van der Waals surface area (Å²) in [4.78, 5) is 26.7. The van der Waals surface area contributed by atoms with E-state index in [9.17, 15) is 9.59 Å². The number of nitrogens with zero attached hydrogens (tertiary/aromatic N) is 3. The second-order valence-electron chi connectivity index (χ2n) is 6.61. The zero-order valence-corrected chi connectivity index (χ0v) is 16.3. The van der Waals surface area contributed by atoms with E-state index >= 15 is 0 Å². The highest BCUT2D eigenvalue weighted by Crippen LogP contribution is 2.30. The number of fused-ring (bicyclic) bond motifs is 1. The number of aromatic nitrogens is 3. The van der Waals surface area contributed by atoms with Gasteiger partial charge in [-0.1, -0.05) is 53.2 Å². The first-order valence-electron chi connectivity index (χ1n) is 8.81. The lowest BCUT2D eigenvalue weighted by Crippen LogP contribution is -2.30. The molecule has 28 heavy (non-hydrogen) atoms. The van der Waals surface area contributed by atoms with Crippen molar-refractivity contribution >= 4 is 33.1 Å². The molecule has 2 aromatic heterocycles. The fraction of sp³-hybridized carbons (Fsp3) is 0.143. The van der Waals surface area contributed by atoms with E-state index in [0.717, 1.165) is 31.9 Å². The van der Waals surface area contributed by atoms with Crippen LogP contribution in [0.4, 0.5) is 5.69 Å². The van der Waals surface area contributed by atoms with Crippen molar-refractivity contribution in [2.45, 2.75) is 20.4 Å². The van der Waals surface area contributed by atoms with Gasteiger partial charge in [-0.2, -0.15) is 0 Å². The first kappa shape index (κ1) is 18.1. The number of nitrogens with one attached hydrogen (secondary N) is 1. The Kier molecular flexibility index (Phi) is 4.75. The van der Waals surface area contributed by atoms with Crippen LogP contribution in [0.15, 0.2) is 59.4 Å². The summed E-state index contributed by atoms with van der Waals surface area (Å²) in [6.07, 6.45) is 0. The van der Waals surface area contributed by atoms with Crippen molar-refractivity contribution in [3.8, 4) is 10.4 Å². The average molecular weight is 390 g/mol. The lowest BCUT2D eigenvalue weighted by molar-refractivity contribution is -0.117. The predicted octanol–water partition coefficient (Wildman–Crippen LogP) is 3.78. The van der Waals surface area contributed by atoms with E-state index in [4.69, 9.17) is 0 Å². The molecule has 7 heteroatoms. The summed E-state index contributed by atoms with van der Waals surface area (Å²) in [6.45, 7) is 3.73. The zero-order valence-electron chi connectivity index (χ0n) is 15.5. The quantitative estimate of drug-likeness (QED) is 0.575. The predicted molar refractivity (Wildman–Crippen MR) is 112 cm³/mol. The topological polar surface area (TPSA) is 76.9 Å². The number of benzene rings is 2. The first-order chi connectivity index (χ1) is 13.5. The number of rotatable bonds is 4. The van der Waals surface area contributed by atoms with Gasteiger partial charge in [0.1, 0.15) is 6.54 Å². The molecule has 2 aromatic carbocycles. The van der Waals surface area contributed by atoms with E-state index in [1.54, 1.807) is 0 Å². The Morgan fingerprint density at radius 3 is 2.64 bits per heavy atom. The highest BCUT2D eigenvalue weighted by molar-refractivity contribution is 7.21. The van der Waals surface area contributed by atoms with Crippen LogP contribution in [-0.2, 0) is 11.3 Å². The molecule has 4 rings (SSSR count). The van der Waals surface area contributed by atoms with Gasteiger partial charge in [0.05, 0.1) is 5.39 Å². The van der Waals surface area contributed by atoms with Gasteiger partial charge in [-0.3, -0.25) is 9.59 Å². The van der Waals surface area contributed by atoms with E-state index in [0.29, 0.717) is 10.2 Å². The molecular weight excluding hydrogens is 372 g/mol. The number of hydrogen-bond donors (Lipinski definition) is 1. The number of amides is 1. The fourth-order valence-corrected chi connectivity index (χ4v) is 3.98. The molecule has 0 aliphatic carbocycles. The van der Waals surface area contributed by atoms with Gasteiger partial charge < -0.3 is 5.32 Å². The van der Waals surface area contributed by atoms with Crippen molar-refractivity contribution in [2.24, 2.45) is 0 Å². The molecule has 2 heterocycles. The molecule has 140 valence electrons. The number of thiophene rings is 1. The third-order valence-corrected chi connectivity index (χ3v) is 5.50. The smallest absolute Gasteiger partial charge is 0.279 e. The summed E-state index contributed by atoms with van der Waals surface area (Å²) in [6, 6.07) is 17.4. The number of carbonyl (C=O) groups excluding carboxylic acids is 1. The number of hydrogen-bond acceptors (Lipinski definition) is 5. The van der Waals surface area contributed by atoms with E-state index in [1.165, 1.54) is 11.3 Å². The van der Waals surface area contributed by atoms with E-state index in [1.807, 2.05) is 68.4 Å². The van der Waals surface area contributed by atoms with Gasteiger partial charge in [-0.25, -0.2) is 4.68 Å². The number of carbonyl (C=O) groups is 1. The normalized spacial score (nSPS) is 10.9. The van der Waals surface area contributed by atoms with Gasteiger partial charge in [0.25, 0.3) is 5.56 Å². The maximum Gasteiger partial charge on any atom is 0.279 e. The Balaban J connectivity index is 1.59. The van der Waals surface area contributed by atoms with Crippen molar-refractivity contribution in [1.82, 2.24) is 15.0 Å². The molecule has 0 fully saturated rings. The Hall–Kier alpha value is -3.32. The van der Waals surface area contributed by atoms with Gasteiger partial charge in [-0.15, -0.1) is 16.4 Å². The van der Waals surface area contributed by atoms with Crippen molar-refractivity contribution in [3.63, 3.8) is 0 Å². The van der Waals surface area contributed by atoms with Crippen LogP contribution < -0.4 is 10.9 Å². The highest BCUT2D eigenvalue weighted by atomic mass is 32.1. The molecule has 0 bridgehead atoms. The number of aryl methyl sites for hydroxylation is 2. The molecule has 0 aliphatic heterocycles. The van der Waals surface area contributed by atoms with Gasteiger partial charge >= 0.3 is 0 Å². The molecule has 0 aliphatic rings. The third kappa shape index (κ3) is 3.57. The maximum atomic E-state index is 12.8. The minimum atomic E-state index is -0.320. The number of anilines is 1. The highest BCUT2D eigenvalue weighted by Gasteiger charge is 2.14. The Morgan fingerprint density at radius 2 is 1.89 bits per heavy atom. The largest absolute Gasteiger partial charge is 0.324 e. The van der Waals surface area contributed by atoms with Crippen LogP contribution in [0.25, 0.3) is 20.7 Å². The fourth-order valence-electron chi connectivity index (χ4n) is 3.01. The lowest BCUT2D eigenvalue weighted by atomic mass is 10.1. The van der Waals surface area contributed by atoms with E-state index in [2.05, 4.69) is 15.6 Å². The maximum absolute atomic E-state index is 12.8. The lowest BCUT2D eigenvalue weighted by Gasteiger charge is -2.09. The van der Waals surface area contributed by atoms with Crippen LogP contribution in [0.5, 0.6) is 0 Å². The van der Waals surface area contributed by atoms with Crippen molar-refractivity contribution in [3.05, 3.63) is 76.1 Å². The second-order valence-corrected chi connectivity index (χ2v) is 7.64. The summed E-state index contributed by atoms with van der Waals surface area (Å²) in [5.74, 6) is -0.318. The summed E-state index contributed by atoms with van der Waals surface area (Å²) >= 11 is 1.41. The van der Waals surface area contributed by atoms with Crippen LogP contribution in [0.3, 0.4) is 0 Å². The van der Waals surface area contributed by atoms with Gasteiger partial charge in [0, 0.05) is 10.6 Å². The summed E-state index contributed by atoms with van der Waals surface area (Å²) in [7, 11) is 0. The molecule has 0 spiro atoms. The molecule has 0 saturated carbocycles. The van der Waals surface area contributed by atoms with Crippen molar-refractivity contribution in [1.29, 1.82) is 0 Å². The zero-order chi connectivity index (χ0) is 19.7. The molecule has 0 radical (unpaired) electrons. The SMILES string of the molecule is Cc1ccc(NC(=O)Cn2nnc3sc(-c4ccccc4)cc3c2=O)c(C)c1. The summed E-state index contributed by atoms with van der Waals surface area (Å²) in [5.41, 5.74) is 3.50. The van der Waals surface area contributed by atoms with Crippen LogP contribution >= 0.6 is 11.3 Å². The molecule has 1 amide bonds. The Bertz CT molecular complexity index is 1230. The van der Waals surface area contributed by atoms with Crippen molar-refractivity contribution < 1.29 is 4.79 Å². The van der Waals surface area contributed by atoms with Crippen molar-refractivity contribution in [2.75, 3.05) is 5.32 Å². The minimum Gasteiger partial charge on any atom is -0.324 e. The van der Waals surface area contributed by atoms with Gasteiger partial charge in [0.2, 0.25) is 5.91 Å². The molecule has 6 nitrogen and oxygen atoms in total. The van der Waals surface area contributed by atoms with E-state index < -0.39 is 0 Å². The molecule has 0 unspecified atom stereocenters. The Labute approximate surface area is 165 Å². The molecule has 0 saturated heterocycles. The monoisotopic (exact) mass is 390 g/mol. The van der Waals surface area contributed by atoms with Crippen LogP contribution in [0, 0.1) is 13.8 Å². The van der Waals surface area contributed by atoms with Crippen LogP contribution in [0.1, 0.15) is 11.1 Å². The molecule has 1 N–H and O–H groups in total. The van der Waals surface area contributed by atoms with Gasteiger partial charge in [0.15, 0.2) is 4.83 Å².